The second-order valence-corrected chi connectivity index (χ2v) is 6.87. The van der Waals surface area contributed by atoms with E-state index < -0.39 is 12.4 Å². The molecule has 0 aliphatic carbocycles. The summed E-state index contributed by atoms with van der Waals surface area (Å²) in [5.41, 5.74) is 1.24. The summed E-state index contributed by atoms with van der Waals surface area (Å²) in [6.45, 7) is -0.538. The van der Waals surface area contributed by atoms with E-state index in [1.54, 1.807) is 17.9 Å². The molecule has 2 aromatic carbocycles. The van der Waals surface area contributed by atoms with Gasteiger partial charge in [0.1, 0.15) is 11.6 Å². The number of rotatable bonds is 5. The van der Waals surface area contributed by atoms with Gasteiger partial charge in [-0.15, -0.1) is 0 Å². The number of carbonyl (C=O) groups is 2. The molecule has 3 rings (SSSR count). The summed E-state index contributed by atoms with van der Waals surface area (Å²) < 4.78 is 42.4. The van der Waals surface area contributed by atoms with E-state index in [9.17, 15) is 22.8 Å². The van der Waals surface area contributed by atoms with Gasteiger partial charge in [-0.2, -0.15) is 8.78 Å². The molecular formula is C21H21F3N2O3. The lowest BCUT2D eigenvalue weighted by Crippen LogP contribution is -2.41. The van der Waals surface area contributed by atoms with E-state index in [0.29, 0.717) is 42.7 Å². The molecule has 1 aliphatic heterocycles. The summed E-state index contributed by atoms with van der Waals surface area (Å²) in [7, 11) is 0. The normalized spacial score (nSPS) is 14.7. The van der Waals surface area contributed by atoms with Crippen LogP contribution >= 0.6 is 0 Å². The van der Waals surface area contributed by atoms with Gasteiger partial charge in [-0.25, -0.2) is 4.39 Å². The molecule has 29 heavy (non-hydrogen) atoms. The third-order valence-corrected chi connectivity index (χ3v) is 5.00. The van der Waals surface area contributed by atoms with Crippen molar-refractivity contribution in [2.75, 3.05) is 18.4 Å². The van der Waals surface area contributed by atoms with Crippen molar-refractivity contribution in [3.8, 4) is 5.75 Å². The lowest BCUT2D eigenvalue weighted by molar-refractivity contribution is -0.121. The van der Waals surface area contributed by atoms with E-state index in [4.69, 9.17) is 0 Å². The molecule has 0 aromatic heterocycles. The molecule has 0 spiro atoms. The molecule has 1 N–H and O–H groups in total. The second-order valence-electron chi connectivity index (χ2n) is 6.87. The maximum atomic E-state index is 13.0. The van der Waals surface area contributed by atoms with E-state index in [-0.39, 0.29) is 23.5 Å². The number of likely N-dealkylation sites (tertiary alicyclic amines) is 1. The van der Waals surface area contributed by atoms with Gasteiger partial charge in [0, 0.05) is 35.8 Å². The smallest absolute Gasteiger partial charge is 0.387 e. The van der Waals surface area contributed by atoms with Crippen molar-refractivity contribution in [2.45, 2.75) is 26.4 Å². The zero-order chi connectivity index (χ0) is 21.0. The number of ether oxygens (including phenoxy) is 1. The number of carbonyl (C=O) groups excluding carboxylic acids is 2. The van der Waals surface area contributed by atoms with Crippen LogP contribution in [0.15, 0.2) is 42.5 Å². The first-order valence-corrected chi connectivity index (χ1v) is 9.25. The quantitative estimate of drug-likeness (QED) is 0.809. The molecular weight excluding hydrogens is 385 g/mol. The molecule has 0 bridgehead atoms. The highest BCUT2D eigenvalue weighted by molar-refractivity contribution is 5.95. The largest absolute Gasteiger partial charge is 0.434 e. The minimum atomic E-state index is -2.94. The Morgan fingerprint density at radius 2 is 1.76 bits per heavy atom. The Morgan fingerprint density at radius 1 is 1.10 bits per heavy atom. The summed E-state index contributed by atoms with van der Waals surface area (Å²) in [6.07, 6.45) is 0.954. The highest BCUT2D eigenvalue weighted by atomic mass is 19.3. The predicted octanol–water partition coefficient (Wildman–Crippen LogP) is 4.23. The summed E-state index contributed by atoms with van der Waals surface area (Å²) >= 11 is 0. The van der Waals surface area contributed by atoms with Crippen molar-refractivity contribution >= 4 is 17.5 Å². The van der Waals surface area contributed by atoms with Crippen LogP contribution in [-0.2, 0) is 4.79 Å². The van der Waals surface area contributed by atoms with Gasteiger partial charge in [0.05, 0.1) is 0 Å². The third-order valence-electron chi connectivity index (χ3n) is 5.00. The van der Waals surface area contributed by atoms with Gasteiger partial charge < -0.3 is 15.0 Å². The van der Waals surface area contributed by atoms with Gasteiger partial charge in [0.25, 0.3) is 5.91 Å². The molecule has 5 nitrogen and oxygen atoms in total. The molecule has 1 heterocycles. The predicted molar refractivity (Wildman–Crippen MR) is 101 cm³/mol. The van der Waals surface area contributed by atoms with Crippen LogP contribution in [-0.4, -0.2) is 36.4 Å². The van der Waals surface area contributed by atoms with Crippen LogP contribution in [0.5, 0.6) is 5.75 Å². The van der Waals surface area contributed by atoms with Crippen molar-refractivity contribution in [3.05, 3.63) is 59.4 Å². The molecule has 0 radical (unpaired) electrons. The van der Waals surface area contributed by atoms with E-state index in [2.05, 4.69) is 10.1 Å². The Hall–Kier alpha value is -3.03. The number of hydrogen-bond donors (Lipinski definition) is 1. The molecule has 1 aliphatic rings. The second kappa shape index (κ2) is 8.98. The summed E-state index contributed by atoms with van der Waals surface area (Å²) in [5, 5.41) is 2.77. The zero-order valence-corrected chi connectivity index (χ0v) is 15.8. The first-order valence-electron chi connectivity index (χ1n) is 9.25. The number of anilines is 1. The minimum absolute atomic E-state index is 0.0116. The van der Waals surface area contributed by atoms with Crippen LogP contribution in [0.25, 0.3) is 0 Å². The Balaban J connectivity index is 1.58. The third kappa shape index (κ3) is 5.07. The van der Waals surface area contributed by atoms with E-state index in [1.165, 1.54) is 36.4 Å². The fraction of sp³-hybridized carbons (Fsp3) is 0.333. The Morgan fingerprint density at radius 3 is 2.38 bits per heavy atom. The van der Waals surface area contributed by atoms with Gasteiger partial charge in [0.15, 0.2) is 0 Å². The fourth-order valence-corrected chi connectivity index (χ4v) is 3.33. The number of halogens is 3. The molecule has 8 heteroatoms. The van der Waals surface area contributed by atoms with Crippen molar-refractivity contribution < 1.29 is 27.5 Å². The molecule has 1 fully saturated rings. The van der Waals surface area contributed by atoms with Crippen molar-refractivity contribution in [1.82, 2.24) is 4.90 Å². The van der Waals surface area contributed by atoms with Gasteiger partial charge in [-0.05, 0) is 56.2 Å². The first kappa shape index (κ1) is 20.7. The number of alkyl halides is 2. The Kier molecular flexibility index (Phi) is 6.41. The minimum Gasteiger partial charge on any atom is -0.434 e. The molecule has 0 unspecified atom stereocenters. The number of nitrogens with zero attached hydrogens (tertiary/aromatic N) is 1. The van der Waals surface area contributed by atoms with Crippen LogP contribution in [0, 0.1) is 18.7 Å². The Bertz CT molecular complexity index is 879. The molecule has 0 atom stereocenters. The molecule has 2 aromatic rings. The first-order chi connectivity index (χ1) is 13.8. The molecule has 154 valence electrons. The van der Waals surface area contributed by atoms with Gasteiger partial charge in [-0.1, -0.05) is 6.07 Å². The highest BCUT2D eigenvalue weighted by Gasteiger charge is 2.28. The van der Waals surface area contributed by atoms with Gasteiger partial charge >= 0.3 is 6.61 Å². The SMILES string of the molecule is Cc1c(NC(=O)C2CCN(C(=O)c3ccc(F)cc3)CC2)cccc1OC(F)F. The summed E-state index contributed by atoms with van der Waals surface area (Å²) in [6, 6.07) is 9.92. The summed E-state index contributed by atoms with van der Waals surface area (Å²) in [4.78, 5) is 26.7. The highest BCUT2D eigenvalue weighted by Crippen LogP contribution is 2.28. The van der Waals surface area contributed by atoms with Crippen molar-refractivity contribution in [3.63, 3.8) is 0 Å². The maximum absolute atomic E-state index is 13.0. The van der Waals surface area contributed by atoms with Gasteiger partial charge in [0.2, 0.25) is 5.91 Å². The number of nitrogens with one attached hydrogen (secondary N) is 1. The summed E-state index contributed by atoms with van der Waals surface area (Å²) in [5.74, 6) is -1.12. The topological polar surface area (TPSA) is 58.6 Å². The monoisotopic (exact) mass is 406 g/mol. The molecule has 2 amide bonds. The van der Waals surface area contributed by atoms with E-state index in [0.717, 1.165) is 0 Å². The fourth-order valence-electron chi connectivity index (χ4n) is 3.33. The lowest BCUT2D eigenvalue weighted by Gasteiger charge is -2.31. The zero-order valence-electron chi connectivity index (χ0n) is 15.8. The van der Waals surface area contributed by atoms with Gasteiger partial charge in [-0.3, -0.25) is 9.59 Å². The van der Waals surface area contributed by atoms with E-state index in [1.807, 2.05) is 0 Å². The standard InChI is InChI=1S/C21H21F3N2O3/c1-13-17(3-2-4-18(13)29-21(23)24)25-19(27)14-9-11-26(12-10-14)20(28)15-5-7-16(22)8-6-15/h2-8,14,21H,9-12H2,1H3,(H,25,27). The van der Waals surface area contributed by atoms with Crippen LogP contribution in [0.2, 0.25) is 0 Å². The molecule has 1 saturated heterocycles. The van der Waals surface area contributed by atoms with Crippen LogP contribution in [0.4, 0.5) is 18.9 Å². The number of amides is 2. The number of piperidine rings is 1. The average Bonchev–Trinajstić information content (AvgIpc) is 2.71. The van der Waals surface area contributed by atoms with Crippen LogP contribution in [0.1, 0.15) is 28.8 Å². The number of benzene rings is 2. The maximum Gasteiger partial charge on any atom is 0.387 e. The van der Waals surface area contributed by atoms with E-state index >= 15 is 0 Å². The lowest BCUT2D eigenvalue weighted by atomic mass is 9.95. The average molecular weight is 406 g/mol. The molecule has 0 saturated carbocycles. The van der Waals surface area contributed by atoms with Crippen molar-refractivity contribution in [1.29, 1.82) is 0 Å². The number of hydrogen-bond acceptors (Lipinski definition) is 3. The van der Waals surface area contributed by atoms with Crippen LogP contribution < -0.4 is 10.1 Å². The Labute approximate surface area is 166 Å². The van der Waals surface area contributed by atoms with Crippen molar-refractivity contribution in [2.24, 2.45) is 5.92 Å². The van der Waals surface area contributed by atoms with Crippen LogP contribution in [0.3, 0.4) is 0 Å².